The van der Waals surface area contributed by atoms with Crippen molar-refractivity contribution in [1.29, 1.82) is 5.26 Å². The van der Waals surface area contributed by atoms with Gasteiger partial charge >= 0.3 is 0 Å². The van der Waals surface area contributed by atoms with Crippen LogP contribution in [-0.2, 0) is 9.59 Å². The van der Waals surface area contributed by atoms with Crippen LogP contribution in [0.4, 0.5) is 5.69 Å². The van der Waals surface area contributed by atoms with Crippen molar-refractivity contribution in [2.45, 2.75) is 19.8 Å². The summed E-state index contributed by atoms with van der Waals surface area (Å²) in [6, 6.07) is 8.55. The van der Waals surface area contributed by atoms with E-state index in [9.17, 15) is 9.59 Å². The molecule has 2 amide bonds. The number of carbonyl (C=O) groups excluding carboxylic acids is 2. The first-order chi connectivity index (χ1) is 8.11. The summed E-state index contributed by atoms with van der Waals surface area (Å²) in [5, 5.41) is 8.80. The predicted molar refractivity (Wildman–Crippen MR) is 62.0 cm³/mol. The van der Waals surface area contributed by atoms with Gasteiger partial charge in [-0.1, -0.05) is 13.0 Å². The molecule has 1 fully saturated rings. The van der Waals surface area contributed by atoms with Gasteiger partial charge in [-0.05, 0) is 24.1 Å². The topological polar surface area (TPSA) is 61.2 Å². The first-order valence-corrected chi connectivity index (χ1v) is 5.47. The Morgan fingerprint density at radius 2 is 1.94 bits per heavy atom. The molecule has 1 aromatic rings. The molecule has 1 aliphatic rings. The van der Waals surface area contributed by atoms with Gasteiger partial charge in [0, 0.05) is 12.8 Å². The molecule has 1 aromatic carbocycles. The highest BCUT2D eigenvalue weighted by atomic mass is 16.2. The van der Waals surface area contributed by atoms with E-state index in [4.69, 9.17) is 5.26 Å². The average molecular weight is 228 g/mol. The summed E-state index contributed by atoms with van der Waals surface area (Å²) < 4.78 is 0. The summed E-state index contributed by atoms with van der Waals surface area (Å²) in [4.78, 5) is 24.9. The van der Waals surface area contributed by atoms with Gasteiger partial charge in [0.05, 0.1) is 17.3 Å². The molecule has 0 N–H and O–H groups in total. The minimum Gasteiger partial charge on any atom is -0.274 e. The van der Waals surface area contributed by atoms with Crippen LogP contribution >= 0.6 is 0 Å². The normalized spacial score (nSPS) is 17.1. The van der Waals surface area contributed by atoms with E-state index in [-0.39, 0.29) is 17.7 Å². The SMILES string of the molecule is CC1CC(=O)N(c2cccc(C#N)c2)C(=O)C1. The van der Waals surface area contributed by atoms with Crippen LogP contribution in [0.1, 0.15) is 25.3 Å². The minimum absolute atomic E-state index is 0.102. The van der Waals surface area contributed by atoms with Gasteiger partial charge in [-0.15, -0.1) is 0 Å². The molecule has 4 nitrogen and oxygen atoms in total. The molecule has 17 heavy (non-hydrogen) atoms. The molecule has 1 saturated heterocycles. The third-order valence-electron chi connectivity index (χ3n) is 2.78. The van der Waals surface area contributed by atoms with E-state index in [0.717, 1.165) is 0 Å². The largest absolute Gasteiger partial charge is 0.274 e. The molecule has 4 heteroatoms. The van der Waals surface area contributed by atoms with Gasteiger partial charge in [-0.3, -0.25) is 14.5 Å². The second kappa shape index (κ2) is 4.38. The van der Waals surface area contributed by atoms with E-state index >= 15 is 0 Å². The molecular formula is C13H12N2O2. The molecule has 0 radical (unpaired) electrons. The highest BCUT2D eigenvalue weighted by molar-refractivity contribution is 6.16. The monoisotopic (exact) mass is 228 g/mol. The van der Waals surface area contributed by atoms with Gasteiger partial charge in [0.2, 0.25) is 11.8 Å². The van der Waals surface area contributed by atoms with Crippen LogP contribution < -0.4 is 4.90 Å². The second-order valence-electron chi connectivity index (χ2n) is 4.30. The molecule has 0 saturated carbocycles. The van der Waals surface area contributed by atoms with Crippen LogP contribution in [0.3, 0.4) is 0 Å². The van der Waals surface area contributed by atoms with Crippen molar-refractivity contribution in [2.24, 2.45) is 5.92 Å². The lowest BCUT2D eigenvalue weighted by atomic mass is 9.97. The number of rotatable bonds is 1. The smallest absolute Gasteiger partial charge is 0.234 e. The zero-order valence-corrected chi connectivity index (χ0v) is 9.51. The molecule has 0 unspecified atom stereocenters. The molecule has 0 aliphatic carbocycles. The number of nitrogens with zero attached hydrogens (tertiary/aromatic N) is 2. The van der Waals surface area contributed by atoms with E-state index in [1.807, 2.05) is 13.0 Å². The number of benzene rings is 1. The fourth-order valence-corrected chi connectivity index (χ4v) is 1.99. The highest BCUT2D eigenvalue weighted by Gasteiger charge is 2.31. The molecule has 86 valence electrons. The second-order valence-corrected chi connectivity index (χ2v) is 4.30. The van der Waals surface area contributed by atoms with Gasteiger partial charge in [0.25, 0.3) is 0 Å². The summed E-state index contributed by atoms with van der Waals surface area (Å²) in [6.07, 6.45) is 0.755. The van der Waals surface area contributed by atoms with Crippen molar-refractivity contribution in [3.8, 4) is 6.07 Å². The molecule has 0 aromatic heterocycles. The number of imide groups is 1. The third-order valence-corrected chi connectivity index (χ3v) is 2.78. The zero-order chi connectivity index (χ0) is 12.4. The van der Waals surface area contributed by atoms with Crippen molar-refractivity contribution >= 4 is 17.5 Å². The quantitative estimate of drug-likeness (QED) is 0.689. The van der Waals surface area contributed by atoms with Crippen molar-refractivity contribution in [3.63, 3.8) is 0 Å². The fraction of sp³-hybridized carbons (Fsp3) is 0.308. The maximum atomic E-state index is 11.8. The zero-order valence-electron chi connectivity index (χ0n) is 9.51. The van der Waals surface area contributed by atoms with Gasteiger partial charge in [0.15, 0.2) is 0 Å². The summed E-state index contributed by atoms with van der Waals surface area (Å²) in [5.41, 5.74) is 0.938. The number of anilines is 1. The maximum absolute atomic E-state index is 11.8. The Labute approximate surface area is 99.5 Å². The molecule has 1 heterocycles. The molecule has 0 atom stereocenters. The Kier molecular flexibility index (Phi) is 2.92. The molecule has 1 aliphatic heterocycles. The third kappa shape index (κ3) is 2.18. The first-order valence-electron chi connectivity index (χ1n) is 5.47. The number of hydrogen-bond donors (Lipinski definition) is 0. The van der Waals surface area contributed by atoms with Gasteiger partial charge < -0.3 is 0 Å². The highest BCUT2D eigenvalue weighted by Crippen LogP contribution is 2.25. The van der Waals surface area contributed by atoms with Gasteiger partial charge in [-0.2, -0.15) is 5.26 Å². The Morgan fingerprint density at radius 3 is 2.53 bits per heavy atom. The fourth-order valence-electron chi connectivity index (χ4n) is 1.99. The van der Waals surface area contributed by atoms with Gasteiger partial charge in [-0.25, -0.2) is 0 Å². The maximum Gasteiger partial charge on any atom is 0.234 e. The lowest BCUT2D eigenvalue weighted by Crippen LogP contribution is -2.42. The first kappa shape index (κ1) is 11.3. The van der Waals surface area contributed by atoms with Crippen molar-refractivity contribution in [2.75, 3.05) is 4.90 Å². The summed E-state index contributed by atoms with van der Waals surface area (Å²) in [5.74, 6) is -0.280. The van der Waals surface area contributed by atoms with Crippen LogP contribution in [0.5, 0.6) is 0 Å². The Morgan fingerprint density at radius 1 is 1.29 bits per heavy atom. The number of amides is 2. The Hall–Kier alpha value is -2.15. The molecule has 0 spiro atoms. The number of carbonyl (C=O) groups is 2. The van der Waals surface area contributed by atoms with E-state index in [1.165, 1.54) is 4.90 Å². The standard InChI is InChI=1S/C13H12N2O2/c1-9-5-12(16)15(13(17)6-9)11-4-2-3-10(7-11)8-14/h2-4,7,9H,5-6H2,1H3. The van der Waals surface area contributed by atoms with Crippen LogP contribution in [0.15, 0.2) is 24.3 Å². The van der Waals surface area contributed by atoms with Crippen molar-refractivity contribution < 1.29 is 9.59 Å². The van der Waals surface area contributed by atoms with Gasteiger partial charge in [0.1, 0.15) is 0 Å². The van der Waals surface area contributed by atoms with Crippen LogP contribution in [0.25, 0.3) is 0 Å². The number of nitriles is 1. The lowest BCUT2D eigenvalue weighted by molar-refractivity contribution is -0.130. The average Bonchev–Trinajstić information content (AvgIpc) is 2.28. The molecule has 0 bridgehead atoms. The predicted octanol–water partition coefficient (Wildman–Crippen LogP) is 1.85. The van der Waals surface area contributed by atoms with E-state index in [1.54, 1.807) is 24.3 Å². The lowest BCUT2D eigenvalue weighted by Gasteiger charge is -2.28. The molecule has 2 rings (SSSR count). The van der Waals surface area contributed by atoms with Crippen molar-refractivity contribution in [1.82, 2.24) is 0 Å². The Balaban J connectivity index is 2.35. The Bertz CT molecular complexity index is 498. The van der Waals surface area contributed by atoms with E-state index in [2.05, 4.69) is 0 Å². The van der Waals surface area contributed by atoms with Crippen LogP contribution in [0, 0.1) is 17.2 Å². The number of hydrogen-bond acceptors (Lipinski definition) is 3. The summed E-state index contributed by atoms with van der Waals surface area (Å²) in [6.45, 7) is 1.89. The molecular weight excluding hydrogens is 216 g/mol. The van der Waals surface area contributed by atoms with Crippen LogP contribution in [-0.4, -0.2) is 11.8 Å². The van der Waals surface area contributed by atoms with Crippen LogP contribution in [0.2, 0.25) is 0 Å². The minimum atomic E-state index is -0.191. The summed E-state index contributed by atoms with van der Waals surface area (Å²) in [7, 11) is 0. The van der Waals surface area contributed by atoms with Crippen molar-refractivity contribution in [3.05, 3.63) is 29.8 Å². The van der Waals surface area contributed by atoms with E-state index in [0.29, 0.717) is 24.1 Å². The number of piperidine rings is 1. The van der Waals surface area contributed by atoms with E-state index < -0.39 is 0 Å². The summed E-state index contributed by atoms with van der Waals surface area (Å²) >= 11 is 0.